The molecule has 0 saturated carbocycles. The largest absolute Gasteiger partial charge is 0.493 e. The SMILES string of the molecule is COc1cc(-c2cc(=O)c3c(OC)c(OC)c(OC)c(OC)c3o2)c(S(=O)(=O)N2CCCCC2)cc1OC. The van der Waals surface area contributed by atoms with Gasteiger partial charge in [-0.3, -0.25) is 4.79 Å². The highest BCUT2D eigenvalue weighted by Crippen LogP contribution is 2.51. The molecule has 0 radical (unpaired) electrons. The Labute approximate surface area is 220 Å². The van der Waals surface area contributed by atoms with Gasteiger partial charge in [0.05, 0.1) is 47.6 Å². The second kappa shape index (κ2) is 11.0. The Hall–Kier alpha value is -3.64. The fourth-order valence-electron chi connectivity index (χ4n) is 4.69. The average Bonchev–Trinajstić information content (AvgIpc) is 2.95. The molecule has 1 aliphatic rings. The molecule has 12 heteroatoms. The second-order valence-electron chi connectivity index (χ2n) is 8.48. The van der Waals surface area contributed by atoms with Gasteiger partial charge in [0.15, 0.2) is 28.3 Å². The number of piperidine rings is 1. The summed E-state index contributed by atoms with van der Waals surface area (Å²) in [4.78, 5) is 13.4. The van der Waals surface area contributed by atoms with Gasteiger partial charge in [-0.25, -0.2) is 8.42 Å². The molecular weight excluding hydrogens is 518 g/mol. The van der Waals surface area contributed by atoms with E-state index in [-0.39, 0.29) is 61.7 Å². The van der Waals surface area contributed by atoms with E-state index in [1.165, 1.54) is 65.2 Å². The average molecular weight is 550 g/mol. The molecule has 1 fully saturated rings. The summed E-state index contributed by atoms with van der Waals surface area (Å²) in [5.74, 6) is 0.938. The van der Waals surface area contributed by atoms with E-state index in [9.17, 15) is 13.2 Å². The van der Waals surface area contributed by atoms with Crippen LogP contribution in [0.25, 0.3) is 22.3 Å². The van der Waals surface area contributed by atoms with Crippen molar-refractivity contribution in [2.45, 2.75) is 24.2 Å². The van der Waals surface area contributed by atoms with Gasteiger partial charge in [-0.05, 0) is 18.9 Å². The smallest absolute Gasteiger partial charge is 0.243 e. The van der Waals surface area contributed by atoms with Gasteiger partial charge >= 0.3 is 0 Å². The Morgan fingerprint density at radius 2 is 1.26 bits per heavy atom. The number of rotatable bonds is 9. The number of fused-ring (bicyclic) bond motifs is 1. The molecular formula is C26H31NO10S. The number of hydrogen-bond donors (Lipinski definition) is 0. The summed E-state index contributed by atoms with van der Waals surface area (Å²) < 4.78 is 68.1. The summed E-state index contributed by atoms with van der Waals surface area (Å²) in [6.07, 6.45) is 2.47. The van der Waals surface area contributed by atoms with Crippen LogP contribution >= 0.6 is 0 Å². The minimum atomic E-state index is -3.98. The quantitative estimate of drug-likeness (QED) is 0.390. The maximum atomic E-state index is 13.8. The van der Waals surface area contributed by atoms with Crippen molar-refractivity contribution in [3.63, 3.8) is 0 Å². The monoisotopic (exact) mass is 549 g/mol. The van der Waals surface area contributed by atoms with Crippen molar-refractivity contribution < 1.29 is 41.3 Å². The Balaban J connectivity index is 2.09. The van der Waals surface area contributed by atoms with Crippen LogP contribution in [0.5, 0.6) is 34.5 Å². The van der Waals surface area contributed by atoms with E-state index in [1.54, 1.807) is 0 Å². The molecule has 0 spiro atoms. The van der Waals surface area contributed by atoms with Crippen LogP contribution in [0.2, 0.25) is 0 Å². The molecule has 1 aromatic heterocycles. The molecule has 206 valence electrons. The highest BCUT2D eigenvalue weighted by atomic mass is 32.2. The van der Waals surface area contributed by atoms with Crippen LogP contribution in [-0.4, -0.2) is 68.5 Å². The fraction of sp³-hybridized carbons (Fsp3) is 0.423. The maximum absolute atomic E-state index is 13.8. The van der Waals surface area contributed by atoms with Gasteiger partial charge in [0.2, 0.25) is 27.3 Å². The lowest BCUT2D eigenvalue weighted by atomic mass is 10.1. The fourth-order valence-corrected chi connectivity index (χ4v) is 6.40. The summed E-state index contributed by atoms with van der Waals surface area (Å²) in [5.41, 5.74) is -0.378. The lowest BCUT2D eigenvalue weighted by Crippen LogP contribution is -2.35. The van der Waals surface area contributed by atoms with Crippen molar-refractivity contribution in [1.82, 2.24) is 4.31 Å². The van der Waals surface area contributed by atoms with Crippen LogP contribution in [0.4, 0.5) is 0 Å². The summed E-state index contributed by atoms with van der Waals surface area (Å²) in [6, 6.07) is 4.06. The van der Waals surface area contributed by atoms with Crippen molar-refractivity contribution in [3.05, 3.63) is 28.4 Å². The van der Waals surface area contributed by atoms with Crippen molar-refractivity contribution in [2.75, 3.05) is 55.7 Å². The summed E-state index contributed by atoms with van der Waals surface area (Å²) in [7, 11) is 4.45. The first-order chi connectivity index (χ1) is 18.3. The predicted molar refractivity (Wildman–Crippen MR) is 140 cm³/mol. The van der Waals surface area contributed by atoms with E-state index in [2.05, 4.69) is 0 Å². The van der Waals surface area contributed by atoms with Crippen molar-refractivity contribution >= 4 is 21.0 Å². The molecule has 2 aromatic carbocycles. The first-order valence-electron chi connectivity index (χ1n) is 11.9. The van der Waals surface area contributed by atoms with Crippen molar-refractivity contribution in [1.29, 1.82) is 0 Å². The molecule has 11 nitrogen and oxygen atoms in total. The summed E-state index contributed by atoms with van der Waals surface area (Å²) in [6.45, 7) is 0.777. The van der Waals surface area contributed by atoms with E-state index in [0.717, 1.165) is 19.3 Å². The molecule has 0 N–H and O–H groups in total. The lowest BCUT2D eigenvalue weighted by molar-refractivity contribution is 0.307. The molecule has 38 heavy (non-hydrogen) atoms. The van der Waals surface area contributed by atoms with E-state index in [4.69, 9.17) is 32.8 Å². The van der Waals surface area contributed by atoms with Crippen LogP contribution in [0.15, 0.2) is 32.3 Å². The second-order valence-corrected chi connectivity index (χ2v) is 10.4. The van der Waals surface area contributed by atoms with Gasteiger partial charge in [-0.2, -0.15) is 4.31 Å². The van der Waals surface area contributed by atoms with Crippen molar-refractivity contribution in [3.8, 4) is 45.8 Å². The number of methoxy groups -OCH3 is 6. The number of sulfonamides is 1. The van der Waals surface area contributed by atoms with Crippen molar-refractivity contribution in [2.24, 2.45) is 0 Å². The number of benzene rings is 2. The number of ether oxygens (including phenoxy) is 6. The normalized spacial score (nSPS) is 14.3. The van der Waals surface area contributed by atoms with Crippen LogP contribution in [0.1, 0.15) is 19.3 Å². The molecule has 0 unspecified atom stereocenters. The molecule has 0 bridgehead atoms. The third-order valence-electron chi connectivity index (χ3n) is 6.50. The number of nitrogens with zero attached hydrogens (tertiary/aromatic N) is 1. The van der Waals surface area contributed by atoms with Gasteiger partial charge < -0.3 is 32.8 Å². The summed E-state index contributed by atoms with van der Waals surface area (Å²) in [5, 5.41) is 0.0478. The minimum Gasteiger partial charge on any atom is -0.493 e. The highest BCUT2D eigenvalue weighted by Gasteiger charge is 2.33. The third-order valence-corrected chi connectivity index (χ3v) is 8.44. The minimum absolute atomic E-state index is 0.000561. The maximum Gasteiger partial charge on any atom is 0.243 e. The Bertz CT molecular complexity index is 1510. The van der Waals surface area contributed by atoms with E-state index >= 15 is 0 Å². The molecule has 0 amide bonds. The van der Waals surface area contributed by atoms with Crippen LogP contribution in [0.3, 0.4) is 0 Å². The Morgan fingerprint density at radius 3 is 1.82 bits per heavy atom. The first-order valence-corrected chi connectivity index (χ1v) is 13.3. The van der Waals surface area contributed by atoms with Crippen LogP contribution < -0.4 is 33.8 Å². The van der Waals surface area contributed by atoms with E-state index < -0.39 is 15.5 Å². The Kier molecular flexibility index (Phi) is 7.93. The highest BCUT2D eigenvalue weighted by molar-refractivity contribution is 7.89. The zero-order chi connectivity index (χ0) is 27.6. The standard InChI is InChI=1S/C26H31NO10S/c1-31-18-12-15(20(14-19(18)32-2)38(29,30)27-10-8-7-9-11-27)17-13-16(28)21-22(33-3)24(34-4)26(36-6)25(35-5)23(21)37-17/h12-14H,7-11H2,1-6H3. The van der Waals surface area contributed by atoms with Gasteiger partial charge in [0.1, 0.15) is 11.1 Å². The van der Waals surface area contributed by atoms with Gasteiger partial charge in [-0.1, -0.05) is 6.42 Å². The molecule has 0 atom stereocenters. The van der Waals surface area contributed by atoms with E-state index in [1.807, 2.05) is 0 Å². The zero-order valence-electron chi connectivity index (χ0n) is 22.2. The topological polar surface area (TPSA) is 123 Å². The number of hydrogen-bond acceptors (Lipinski definition) is 10. The zero-order valence-corrected chi connectivity index (χ0v) is 23.0. The lowest BCUT2D eigenvalue weighted by Gasteiger charge is -2.27. The molecule has 4 rings (SSSR count). The third kappa shape index (κ3) is 4.47. The van der Waals surface area contributed by atoms with Gasteiger partial charge in [0, 0.05) is 30.8 Å². The van der Waals surface area contributed by atoms with Gasteiger partial charge in [-0.15, -0.1) is 0 Å². The molecule has 0 aliphatic carbocycles. The van der Waals surface area contributed by atoms with E-state index in [0.29, 0.717) is 13.1 Å². The molecule has 1 aliphatic heterocycles. The molecule has 1 saturated heterocycles. The molecule has 3 aromatic rings. The van der Waals surface area contributed by atoms with Crippen LogP contribution in [0, 0.1) is 0 Å². The Morgan fingerprint density at radius 1 is 0.711 bits per heavy atom. The van der Waals surface area contributed by atoms with Gasteiger partial charge in [0.25, 0.3) is 0 Å². The predicted octanol–water partition coefficient (Wildman–Crippen LogP) is 3.69. The first kappa shape index (κ1) is 27.4. The van der Waals surface area contributed by atoms with Crippen LogP contribution in [-0.2, 0) is 10.0 Å². The summed E-state index contributed by atoms with van der Waals surface area (Å²) >= 11 is 0. The molecule has 2 heterocycles.